The largest absolute Gasteiger partial charge is 0.291 e. The van der Waals surface area contributed by atoms with Gasteiger partial charge in [-0.05, 0) is 18.1 Å². The maximum absolute atomic E-state index is 13.4. The number of aromatic nitrogens is 5. The Morgan fingerprint density at radius 1 is 1.13 bits per heavy atom. The van der Waals surface area contributed by atoms with E-state index in [0.29, 0.717) is 28.8 Å². The average molecular weight is 439 g/mol. The van der Waals surface area contributed by atoms with E-state index in [1.54, 1.807) is 11.9 Å². The summed E-state index contributed by atoms with van der Waals surface area (Å²) in [5.74, 6) is 0.111. The summed E-state index contributed by atoms with van der Waals surface area (Å²) >= 11 is 7.70. The summed E-state index contributed by atoms with van der Waals surface area (Å²) in [6, 6.07) is 17.4. The maximum Gasteiger partial charge on any atom is 0.232 e. The van der Waals surface area contributed by atoms with Crippen molar-refractivity contribution in [2.24, 2.45) is 5.92 Å². The van der Waals surface area contributed by atoms with Crippen LogP contribution in [0, 0.1) is 5.92 Å². The third-order valence-corrected chi connectivity index (χ3v) is 6.00. The molecule has 0 aliphatic rings. The third-order valence-electron chi connectivity index (χ3n) is 4.75. The summed E-state index contributed by atoms with van der Waals surface area (Å²) in [5, 5.41) is 17.2. The summed E-state index contributed by atoms with van der Waals surface area (Å²) < 4.78 is 0. The van der Waals surface area contributed by atoms with Crippen LogP contribution in [0.4, 0.5) is 5.13 Å². The molecule has 2 aromatic heterocycles. The first-order valence-corrected chi connectivity index (χ1v) is 10.6. The number of benzene rings is 2. The van der Waals surface area contributed by atoms with E-state index in [1.807, 2.05) is 60.0 Å². The number of rotatable bonds is 7. The molecule has 4 rings (SSSR count). The van der Waals surface area contributed by atoms with Gasteiger partial charge in [-0.1, -0.05) is 65.3 Å². The summed E-state index contributed by atoms with van der Waals surface area (Å²) in [6.45, 7) is 0. The normalized spacial score (nSPS) is 11.9. The number of hydrogen-bond acceptors (Lipinski definition) is 6. The van der Waals surface area contributed by atoms with Crippen molar-refractivity contribution in [3.05, 3.63) is 76.4 Å². The molecule has 1 amide bonds. The van der Waals surface area contributed by atoms with E-state index >= 15 is 0 Å². The van der Waals surface area contributed by atoms with Crippen molar-refractivity contribution in [1.82, 2.24) is 25.6 Å². The first-order valence-electron chi connectivity index (χ1n) is 9.36. The molecule has 1 atom stereocenters. The Bertz CT molecular complexity index is 1120. The Kier molecular flexibility index (Phi) is 6.15. The van der Waals surface area contributed by atoms with E-state index in [2.05, 4.69) is 25.6 Å². The molecule has 0 aliphatic carbocycles. The molecule has 0 saturated heterocycles. The van der Waals surface area contributed by atoms with Crippen LogP contribution >= 0.6 is 22.9 Å². The molecule has 152 valence electrons. The molecule has 0 fully saturated rings. The second-order valence-electron chi connectivity index (χ2n) is 6.81. The number of aromatic amines is 1. The lowest BCUT2D eigenvalue weighted by molar-refractivity contribution is -0.122. The molecule has 0 unspecified atom stereocenters. The monoisotopic (exact) mass is 438 g/mol. The van der Waals surface area contributed by atoms with E-state index in [0.717, 1.165) is 16.8 Å². The zero-order chi connectivity index (χ0) is 20.9. The number of hydrogen-bond donors (Lipinski definition) is 1. The number of amides is 1. The fraction of sp³-hybridized carbons (Fsp3) is 0.190. The number of tetrazole rings is 1. The fourth-order valence-corrected chi connectivity index (χ4v) is 4.24. The molecule has 0 bridgehead atoms. The van der Waals surface area contributed by atoms with E-state index < -0.39 is 0 Å². The van der Waals surface area contributed by atoms with Crippen LogP contribution in [0.2, 0.25) is 5.02 Å². The fourth-order valence-electron chi connectivity index (χ4n) is 3.21. The predicted octanol–water partition coefficient (Wildman–Crippen LogP) is 4.04. The van der Waals surface area contributed by atoms with Crippen molar-refractivity contribution in [3.63, 3.8) is 0 Å². The Balaban J connectivity index is 1.57. The number of carbonyl (C=O) groups excluding carboxylic acids is 1. The average Bonchev–Trinajstić information content (AvgIpc) is 3.46. The van der Waals surface area contributed by atoms with Crippen LogP contribution in [0.1, 0.15) is 11.4 Å². The van der Waals surface area contributed by atoms with Crippen molar-refractivity contribution in [2.75, 3.05) is 11.9 Å². The minimum absolute atomic E-state index is 0.0521. The molecule has 2 aromatic carbocycles. The molecular weight excluding hydrogens is 420 g/mol. The minimum Gasteiger partial charge on any atom is -0.291 e. The van der Waals surface area contributed by atoms with Gasteiger partial charge in [0.1, 0.15) is 0 Å². The van der Waals surface area contributed by atoms with Crippen molar-refractivity contribution in [1.29, 1.82) is 0 Å². The van der Waals surface area contributed by atoms with Crippen LogP contribution in [-0.4, -0.2) is 38.6 Å². The Hall–Kier alpha value is -3.10. The Labute approximate surface area is 182 Å². The smallest absolute Gasteiger partial charge is 0.232 e. The first kappa shape index (κ1) is 20.2. The number of nitrogens with zero attached hydrogens (tertiary/aromatic N) is 5. The van der Waals surface area contributed by atoms with Gasteiger partial charge in [-0.2, -0.15) is 5.21 Å². The van der Waals surface area contributed by atoms with Crippen molar-refractivity contribution >= 4 is 34.0 Å². The van der Waals surface area contributed by atoms with E-state index in [4.69, 9.17) is 11.6 Å². The van der Waals surface area contributed by atoms with Crippen LogP contribution in [0.15, 0.2) is 60.0 Å². The van der Waals surface area contributed by atoms with Crippen LogP contribution < -0.4 is 4.90 Å². The van der Waals surface area contributed by atoms with Gasteiger partial charge in [-0.3, -0.25) is 9.69 Å². The number of H-pyrrole nitrogens is 1. The lowest BCUT2D eigenvalue weighted by Gasteiger charge is -2.21. The number of thiazole rings is 1. The summed E-state index contributed by atoms with van der Waals surface area (Å²) in [4.78, 5) is 19.6. The molecule has 0 saturated carbocycles. The lowest BCUT2D eigenvalue weighted by Crippen LogP contribution is -2.35. The molecule has 7 nitrogen and oxygen atoms in total. The highest BCUT2D eigenvalue weighted by atomic mass is 35.5. The second kappa shape index (κ2) is 9.15. The molecule has 30 heavy (non-hydrogen) atoms. The van der Waals surface area contributed by atoms with E-state index in [1.165, 1.54) is 11.3 Å². The molecule has 4 aromatic rings. The molecular formula is C21H19ClN6OS. The highest BCUT2D eigenvalue weighted by Gasteiger charge is 2.27. The van der Waals surface area contributed by atoms with Gasteiger partial charge in [-0.25, -0.2) is 4.98 Å². The van der Waals surface area contributed by atoms with Crippen LogP contribution in [0.5, 0.6) is 0 Å². The highest BCUT2D eigenvalue weighted by molar-refractivity contribution is 7.14. The molecule has 2 heterocycles. The predicted molar refractivity (Wildman–Crippen MR) is 117 cm³/mol. The van der Waals surface area contributed by atoms with Gasteiger partial charge < -0.3 is 0 Å². The summed E-state index contributed by atoms with van der Waals surface area (Å²) in [7, 11) is 1.74. The quantitative estimate of drug-likeness (QED) is 0.470. The zero-order valence-electron chi connectivity index (χ0n) is 16.2. The Morgan fingerprint density at radius 3 is 2.63 bits per heavy atom. The van der Waals surface area contributed by atoms with Crippen LogP contribution in [0.25, 0.3) is 11.3 Å². The highest BCUT2D eigenvalue weighted by Crippen LogP contribution is 2.32. The van der Waals surface area contributed by atoms with E-state index in [9.17, 15) is 4.79 Å². The topological polar surface area (TPSA) is 87.7 Å². The van der Waals surface area contributed by atoms with Gasteiger partial charge in [0.25, 0.3) is 0 Å². The van der Waals surface area contributed by atoms with Gasteiger partial charge in [-0.15, -0.1) is 21.5 Å². The van der Waals surface area contributed by atoms with Crippen LogP contribution in [-0.2, 0) is 17.6 Å². The van der Waals surface area contributed by atoms with Crippen LogP contribution in [0.3, 0.4) is 0 Å². The van der Waals surface area contributed by atoms with E-state index in [-0.39, 0.29) is 11.8 Å². The summed E-state index contributed by atoms with van der Waals surface area (Å²) in [5.41, 5.74) is 2.66. The van der Waals surface area contributed by atoms with Gasteiger partial charge >= 0.3 is 0 Å². The Morgan fingerprint density at radius 2 is 1.90 bits per heavy atom. The lowest BCUT2D eigenvalue weighted by atomic mass is 9.94. The van der Waals surface area contributed by atoms with Gasteiger partial charge in [0.05, 0.1) is 5.69 Å². The second-order valence-corrected chi connectivity index (χ2v) is 8.05. The molecule has 1 N–H and O–H groups in total. The number of anilines is 1. The number of nitrogens with one attached hydrogen (secondary N) is 1. The van der Waals surface area contributed by atoms with Crippen molar-refractivity contribution in [2.45, 2.75) is 12.8 Å². The van der Waals surface area contributed by atoms with Gasteiger partial charge in [0, 0.05) is 35.4 Å². The SMILES string of the molecule is CN(C(=O)[C@H](Cc1ccccc1)Cc1nn[nH]n1)c1nc(-c2ccccc2Cl)cs1. The van der Waals surface area contributed by atoms with Crippen molar-refractivity contribution < 1.29 is 4.79 Å². The molecule has 0 spiro atoms. The standard InChI is InChI=1S/C21H19ClN6OS/c1-28(21-23-18(13-30-21)16-9-5-6-10-17(16)22)20(29)15(12-19-24-26-27-25-19)11-14-7-3-2-4-8-14/h2-10,13,15H,11-12H2,1H3,(H,24,25,26,27)/t15-/m1/s1. The summed E-state index contributed by atoms with van der Waals surface area (Å²) in [6.07, 6.45) is 0.957. The minimum atomic E-state index is -0.345. The maximum atomic E-state index is 13.4. The number of halogens is 1. The third kappa shape index (κ3) is 4.55. The first-order chi connectivity index (χ1) is 14.6. The molecule has 0 radical (unpaired) electrons. The van der Waals surface area contributed by atoms with Gasteiger partial charge in [0.15, 0.2) is 11.0 Å². The van der Waals surface area contributed by atoms with Crippen molar-refractivity contribution in [3.8, 4) is 11.3 Å². The molecule has 0 aliphatic heterocycles. The molecule has 9 heteroatoms. The zero-order valence-corrected chi connectivity index (χ0v) is 17.8. The van der Waals surface area contributed by atoms with Gasteiger partial charge in [0.2, 0.25) is 5.91 Å². The number of carbonyl (C=O) groups is 1.